The van der Waals surface area contributed by atoms with Crippen molar-refractivity contribution in [2.45, 2.75) is 57.9 Å². The summed E-state index contributed by atoms with van der Waals surface area (Å²) in [5.41, 5.74) is 2.62. The monoisotopic (exact) mass is 312 g/mol. The summed E-state index contributed by atoms with van der Waals surface area (Å²) in [5, 5.41) is 4.57. The summed E-state index contributed by atoms with van der Waals surface area (Å²) >= 11 is 0. The minimum Gasteiger partial charge on any atom is -0.353 e. The van der Waals surface area contributed by atoms with E-state index >= 15 is 0 Å². The predicted octanol–water partition coefficient (Wildman–Crippen LogP) is 4.20. The molecule has 124 valence electrons. The van der Waals surface area contributed by atoms with Crippen LogP contribution >= 0.6 is 0 Å². The van der Waals surface area contributed by atoms with Gasteiger partial charge in [0.2, 0.25) is 5.91 Å². The maximum Gasteiger partial charge on any atom is 0.220 e. The van der Waals surface area contributed by atoms with Crippen molar-refractivity contribution in [3.05, 3.63) is 36.0 Å². The molecule has 0 bridgehead atoms. The molecule has 3 nitrogen and oxygen atoms in total. The van der Waals surface area contributed by atoms with E-state index in [-0.39, 0.29) is 5.91 Å². The zero-order valence-electron chi connectivity index (χ0n) is 14.3. The van der Waals surface area contributed by atoms with Gasteiger partial charge in [-0.3, -0.25) is 4.79 Å². The van der Waals surface area contributed by atoms with Crippen LogP contribution in [-0.4, -0.2) is 16.5 Å². The van der Waals surface area contributed by atoms with Gasteiger partial charge in [-0.25, -0.2) is 0 Å². The zero-order valence-corrected chi connectivity index (χ0v) is 14.3. The van der Waals surface area contributed by atoms with Crippen molar-refractivity contribution in [3.63, 3.8) is 0 Å². The first kappa shape index (κ1) is 16.1. The molecule has 0 aliphatic heterocycles. The van der Waals surface area contributed by atoms with Gasteiger partial charge in [0.15, 0.2) is 0 Å². The Morgan fingerprint density at radius 3 is 2.87 bits per heavy atom. The molecule has 23 heavy (non-hydrogen) atoms. The third kappa shape index (κ3) is 3.77. The van der Waals surface area contributed by atoms with E-state index in [1.807, 2.05) is 0 Å². The number of aryl methyl sites for hydroxylation is 2. The van der Waals surface area contributed by atoms with E-state index in [1.54, 1.807) is 0 Å². The van der Waals surface area contributed by atoms with Crippen molar-refractivity contribution in [1.29, 1.82) is 0 Å². The Bertz CT molecular complexity index is 673. The van der Waals surface area contributed by atoms with Crippen LogP contribution in [0.3, 0.4) is 0 Å². The molecule has 1 N–H and O–H groups in total. The third-order valence-electron chi connectivity index (χ3n) is 5.29. The Morgan fingerprint density at radius 2 is 2.04 bits per heavy atom. The molecular weight excluding hydrogens is 284 g/mol. The van der Waals surface area contributed by atoms with Crippen LogP contribution in [0.4, 0.5) is 0 Å². The molecule has 3 heteroatoms. The number of benzene rings is 1. The largest absolute Gasteiger partial charge is 0.353 e. The number of rotatable bonds is 5. The molecule has 1 heterocycles. The average molecular weight is 312 g/mol. The standard InChI is InChI=1S/C20H28N2O/c1-15-8-3-5-11-18(15)21-20(23)13-7-9-16-14-22(2)19-12-6-4-10-17(16)19/h4,6,10,12,14-15,18H,3,5,7-9,11,13H2,1-2H3,(H,21,23)/t15-,18-/m0/s1. The molecule has 1 aliphatic carbocycles. The number of amides is 1. The number of para-hydroxylation sites is 1. The summed E-state index contributed by atoms with van der Waals surface area (Å²) in [7, 11) is 2.09. The third-order valence-corrected chi connectivity index (χ3v) is 5.29. The Kier molecular flexibility index (Phi) is 5.04. The number of fused-ring (bicyclic) bond motifs is 1. The van der Waals surface area contributed by atoms with Crippen LogP contribution in [0.2, 0.25) is 0 Å². The molecule has 1 aromatic carbocycles. The van der Waals surface area contributed by atoms with E-state index in [2.05, 4.69) is 54.3 Å². The van der Waals surface area contributed by atoms with Gasteiger partial charge in [0.1, 0.15) is 0 Å². The van der Waals surface area contributed by atoms with Crippen LogP contribution in [0.15, 0.2) is 30.5 Å². The predicted molar refractivity (Wildman–Crippen MR) is 95.4 cm³/mol. The van der Waals surface area contributed by atoms with E-state index in [1.165, 1.54) is 35.7 Å². The first-order chi connectivity index (χ1) is 11.1. The Labute approximate surface area is 139 Å². The molecule has 0 radical (unpaired) electrons. The molecular formula is C20H28N2O. The number of aromatic nitrogens is 1. The molecule has 1 amide bonds. The molecule has 1 aromatic heterocycles. The van der Waals surface area contributed by atoms with Crippen LogP contribution in [0.1, 0.15) is 51.0 Å². The maximum atomic E-state index is 12.2. The second kappa shape index (κ2) is 7.20. The summed E-state index contributed by atoms with van der Waals surface area (Å²) in [5.74, 6) is 0.856. The Hall–Kier alpha value is -1.77. The number of hydrogen-bond acceptors (Lipinski definition) is 1. The number of nitrogens with one attached hydrogen (secondary N) is 1. The fourth-order valence-corrected chi connectivity index (χ4v) is 3.87. The lowest BCUT2D eigenvalue weighted by molar-refractivity contribution is -0.122. The number of carbonyl (C=O) groups is 1. The van der Waals surface area contributed by atoms with E-state index in [4.69, 9.17) is 0 Å². The van der Waals surface area contributed by atoms with Crippen LogP contribution in [-0.2, 0) is 18.3 Å². The topological polar surface area (TPSA) is 34.0 Å². The van der Waals surface area contributed by atoms with Gasteiger partial charge in [-0.05, 0) is 43.2 Å². The number of carbonyl (C=O) groups excluding carboxylic acids is 1. The second-order valence-corrected chi connectivity index (χ2v) is 7.07. The van der Waals surface area contributed by atoms with Crippen LogP contribution in [0.25, 0.3) is 10.9 Å². The van der Waals surface area contributed by atoms with Crippen molar-refractivity contribution < 1.29 is 4.79 Å². The second-order valence-electron chi connectivity index (χ2n) is 7.07. The molecule has 0 spiro atoms. The molecule has 2 atom stereocenters. The summed E-state index contributed by atoms with van der Waals surface area (Å²) < 4.78 is 2.18. The van der Waals surface area contributed by atoms with Crippen molar-refractivity contribution in [3.8, 4) is 0 Å². The minimum atomic E-state index is 0.226. The van der Waals surface area contributed by atoms with Gasteiger partial charge in [0.25, 0.3) is 0 Å². The van der Waals surface area contributed by atoms with Gasteiger partial charge >= 0.3 is 0 Å². The minimum absolute atomic E-state index is 0.226. The Morgan fingerprint density at radius 1 is 1.26 bits per heavy atom. The fraction of sp³-hybridized carbons (Fsp3) is 0.550. The number of nitrogens with zero attached hydrogens (tertiary/aromatic N) is 1. The molecule has 1 fully saturated rings. The van der Waals surface area contributed by atoms with Gasteiger partial charge in [0.05, 0.1) is 0 Å². The summed E-state index contributed by atoms with van der Waals surface area (Å²) in [6, 6.07) is 8.88. The van der Waals surface area contributed by atoms with E-state index < -0.39 is 0 Å². The Balaban J connectivity index is 1.51. The highest BCUT2D eigenvalue weighted by Crippen LogP contribution is 2.24. The molecule has 2 aromatic rings. The summed E-state index contributed by atoms with van der Waals surface area (Å²) in [6.07, 6.45) is 9.69. The molecule has 0 unspecified atom stereocenters. The van der Waals surface area contributed by atoms with Crippen molar-refractivity contribution in [2.24, 2.45) is 13.0 Å². The van der Waals surface area contributed by atoms with Gasteiger partial charge in [-0.2, -0.15) is 0 Å². The van der Waals surface area contributed by atoms with Crippen LogP contribution < -0.4 is 5.32 Å². The lowest BCUT2D eigenvalue weighted by atomic mass is 9.86. The van der Waals surface area contributed by atoms with E-state index in [9.17, 15) is 4.79 Å². The van der Waals surface area contributed by atoms with Crippen molar-refractivity contribution >= 4 is 16.8 Å². The first-order valence-corrected chi connectivity index (χ1v) is 8.97. The highest BCUT2D eigenvalue weighted by molar-refractivity contribution is 5.84. The van der Waals surface area contributed by atoms with E-state index in [0.29, 0.717) is 18.4 Å². The number of hydrogen-bond donors (Lipinski definition) is 1. The van der Waals surface area contributed by atoms with Crippen molar-refractivity contribution in [2.75, 3.05) is 0 Å². The lowest BCUT2D eigenvalue weighted by Gasteiger charge is -2.29. The van der Waals surface area contributed by atoms with Gasteiger partial charge in [-0.15, -0.1) is 0 Å². The normalized spacial score (nSPS) is 21.5. The molecule has 1 saturated carbocycles. The van der Waals surface area contributed by atoms with Crippen LogP contribution in [0.5, 0.6) is 0 Å². The zero-order chi connectivity index (χ0) is 16.2. The highest BCUT2D eigenvalue weighted by atomic mass is 16.1. The molecule has 0 saturated heterocycles. The fourth-order valence-electron chi connectivity index (χ4n) is 3.87. The van der Waals surface area contributed by atoms with Crippen LogP contribution in [0, 0.1) is 5.92 Å². The highest BCUT2D eigenvalue weighted by Gasteiger charge is 2.22. The first-order valence-electron chi connectivity index (χ1n) is 8.97. The summed E-state index contributed by atoms with van der Waals surface area (Å²) in [6.45, 7) is 2.26. The average Bonchev–Trinajstić information content (AvgIpc) is 2.87. The van der Waals surface area contributed by atoms with Gasteiger partial charge in [0, 0.05) is 36.6 Å². The van der Waals surface area contributed by atoms with Gasteiger partial charge < -0.3 is 9.88 Å². The van der Waals surface area contributed by atoms with E-state index in [0.717, 1.165) is 19.3 Å². The summed E-state index contributed by atoms with van der Waals surface area (Å²) in [4.78, 5) is 12.2. The van der Waals surface area contributed by atoms with Gasteiger partial charge in [-0.1, -0.05) is 38.0 Å². The van der Waals surface area contributed by atoms with Crippen molar-refractivity contribution in [1.82, 2.24) is 9.88 Å². The molecule has 1 aliphatic rings. The molecule has 3 rings (SSSR count). The SMILES string of the molecule is C[C@H]1CCCC[C@@H]1NC(=O)CCCc1cn(C)c2ccccc12. The maximum absolute atomic E-state index is 12.2. The quantitative estimate of drug-likeness (QED) is 0.882. The lowest BCUT2D eigenvalue weighted by Crippen LogP contribution is -2.40. The smallest absolute Gasteiger partial charge is 0.220 e.